The molecule has 1 aromatic heterocycles. The molecule has 5 nitrogen and oxygen atoms in total. The van der Waals surface area contributed by atoms with E-state index in [1.165, 1.54) is 38.5 Å². The zero-order valence-corrected chi connectivity index (χ0v) is 14.2. The lowest BCUT2D eigenvalue weighted by Gasteiger charge is -2.40. The van der Waals surface area contributed by atoms with E-state index in [1.54, 1.807) is 10.9 Å². The van der Waals surface area contributed by atoms with Gasteiger partial charge in [-0.25, -0.2) is 0 Å². The van der Waals surface area contributed by atoms with E-state index in [9.17, 15) is 4.79 Å². The molecule has 1 aliphatic rings. The van der Waals surface area contributed by atoms with Crippen molar-refractivity contribution < 1.29 is 4.79 Å². The zero-order valence-electron chi connectivity index (χ0n) is 14.2. The highest BCUT2D eigenvalue weighted by molar-refractivity contribution is 5.80. The number of likely N-dealkylation sites (N-methyl/N-ethyl adjacent to an activating group) is 1. The van der Waals surface area contributed by atoms with Crippen molar-refractivity contribution in [2.24, 2.45) is 0 Å². The molecule has 0 saturated heterocycles. The lowest BCUT2D eigenvalue weighted by molar-refractivity contribution is -0.125. The molecule has 5 heteroatoms. The minimum atomic E-state index is -0.208. The molecule has 0 unspecified atom stereocenters. The summed E-state index contributed by atoms with van der Waals surface area (Å²) in [6, 6.07) is 1.66. The molecular formula is C17H30N4O. The van der Waals surface area contributed by atoms with Crippen molar-refractivity contribution in [1.82, 2.24) is 20.0 Å². The molecule has 1 amide bonds. The van der Waals surface area contributed by atoms with Gasteiger partial charge in [0.2, 0.25) is 5.91 Å². The average Bonchev–Trinajstić information content (AvgIpc) is 2.90. The smallest absolute Gasteiger partial charge is 0.244 e. The highest BCUT2D eigenvalue weighted by Crippen LogP contribution is 2.30. The van der Waals surface area contributed by atoms with Crippen LogP contribution in [-0.4, -0.2) is 46.8 Å². The SMILES string of the molecule is CC[C@@H](C(=O)NCC1(N(C)C)CCCCCC1)n1cccn1. The van der Waals surface area contributed by atoms with Gasteiger partial charge < -0.3 is 10.2 Å². The van der Waals surface area contributed by atoms with Gasteiger partial charge in [0.05, 0.1) is 0 Å². The van der Waals surface area contributed by atoms with Gasteiger partial charge in [-0.15, -0.1) is 0 Å². The molecule has 1 heterocycles. The number of hydrogen-bond acceptors (Lipinski definition) is 3. The maximum Gasteiger partial charge on any atom is 0.244 e. The summed E-state index contributed by atoms with van der Waals surface area (Å²) in [7, 11) is 4.28. The van der Waals surface area contributed by atoms with Gasteiger partial charge in [0, 0.05) is 24.5 Å². The first-order chi connectivity index (χ1) is 10.6. The largest absolute Gasteiger partial charge is 0.352 e. The Bertz CT molecular complexity index is 447. The first-order valence-corrected chi connectivity index (χ1v) is 8.53. The van der Waals surface area contributed by atoms with Crippen molar-refractivity contribution >= 4 is 5.91 Å². The number of carbonyl (C=O) groups excluding carboxylic acids is 1. The normalized spacial score (nSPS) is 19.6. The van der Waals surface area contributed by atoms with Crippen LogP contribution in [0.2, 0.25) is 0 Å². The lowest BCUT2D eigenvalue weighted by Crippen LogP contribution is -2.53. The van der Waals surface area contributed by atoms with E-state index in [0.29, 0.717) is 0 Å². The standard InChI is InChI=1S/C17H30N4O/c1-4-15(21-13-9-12-19-21)16(22)18-14-17(20(2)3)10-7-5-6-8-11-17/h9,12-13,15H,4-8,10-11,14H2,1-3H3,(H,18,22)/t15-/m0/s1. The summed E-state index contributed by atoms with van der Waals surface area (Å²) >= 11 is 0. The predicted octanol–water partition coefficient (Wildman–Crippen LogP) is 2.61. The molecule has 1 N–H and O–H groups in total. The predicted molar refractivity (Wildman–Crippen MR) is 88.7 cm³/mol. The van der Waals surface area contributed by atoms with Gasteiger partial charge in [-0.1, -0.05) is 32.6 Å². The molecule has 0 bridgehead atoms. The van der Waals surface area contributed by atoms with Crippen LogP contribution in [0.15, 0.2) is 18.5 Å². The molecule has 0 spiro atoms. The van der Waals surface area contributed by atoms with Crippen LogP contribution >= 0.6 is 0 Å². The van der Waals surface area contributed by atoms with Crippen molar-refractivity contribution in [2.45, 2.75) is 63.5 Å². The summed E-state index contributed by atoms with van der Waals surface area (Å²) in [5, 5.41) is 7.42. The Hall–Kier alpha value is -1.36. The van der Waals surface area contributed by atoms with Crippen LogP contribution in [0.4, 0.5) is 0 Å². The summed E-state index contributed by atoms with van der Waals surface area (Å²) in [6.45, 7) is 2.76. The summed E-state index contributed by atoms with van der Waals surface area (Å²) in [5.41, 5.74) is 0.106. The summed E-state index contributed by atoms with van der Waals surface area (Å²) < 4.78 is 1.75. The van der Waals surface area contributed by atoms with Crippen molar-refractivity contribution in [3.8, 4) is 0 Å². The Morgan fingerprint density at radius 1 is 1.32 bits per heavy atom. The van der Waals surface area contributed by atoms with Crippen LogP contribution < -0.4 is 5.32 Å². The summed E-state index contributed by atoms with van der Waals surface area (Å²) in [6.07, 6.45) is 11.8. The second-order valence-electron chi connectivity index (χ2n) is 6.66. The van der Waals surface area contributed by atoms with Gasteiger partial charge in [0.25, 0.3) is 0 Å². The van der Waals surface area contributed by atoms with E-state index in [1.807, 2.05) is 19.2 Å². The molecule has 1 saturated carbocycles. The fraction of sp³-hybridized carbons (Fsp3) is 0.765. The Kier molecular flexibility index (Phi) is 6.00. The average molecular weight is 306 g/mol. The molecule has 1 aliphatic carbocycles. The number of rotatable bonds is 6. The molecule has 0 aliphatic heterocycles. The maximum absolute atomic E-state index is 12.6. The summed E-state index contributed by atoms with van der Waals surface area (Å²) in [5.74, 6) is 0.0803. The highest BCUT2D eigenvalue weighted by atomic mass is 16.2. The van der Waals surface area contributed by atoms with E-state index in [-0.39, 0.29) is 17.5 Å². The Balaban J connectivity index is 2.00. The molecule has 1 aromatic rings. The van der Waals surface area contributed by atoms with Crippen molar-refractivity contribution in [3.05, 3.63) is 18.5 Å². The van der Waals surface area contributed by atoms with Crippen molar-refractivity contribution in [1.29, 1.82) is 0 Å². The second-order valence-corrected chi connectivity index (χ2v) is 6.66. The number of nitrogens with one attached hydrogen (secondary N) is 1. The third-order valence-corrected chi connectivity index (χ3v) is 5.11. The minimum Gasteiger partial charge on any atom is -0.352 e. The van der Waals surface area contributed by atoms with E-state index >= 15 is 0 Å². The van der Waals surface area contributed by atoms with E-state index in [4.69, 9.17) is 0 Å². The molecule has 2 rings (SSSR count). The van der Waals surface area contributed by atoms with Crippen LogP contribution in [-0.2, 0) is 4.79 Å². The van der Waals surface area contributed by atoms with Crippen LogP contribution in [0.3, 0.4) is 0 Å². The molecule has 0 aromatic carbocycles. The summed E-state index contributed by atoms with van der Waals surface area (Å²) in [4.78, 5) is 14.9. The van der Waals surface area contributed by atoms with Crippen LogP contribution in [0, 0.1) is 0 Å². The molecular weight excluding hydrogens is 276 g/mol. The van der Waals surface area contributed by atoms with E-state index in [0.717, 1.165) is 13.0 Å². The van der Waals surface area contributed by atoms with E-state index < -0.39 is 0 Å². The van der Waals surface area contributed by atoms with Gasteiger partial charge in [-0.3, -0.25) is 9.48 Å². The first-order valence-electron chi connectivity index (χ1n) is 8.53. The zero-order chi connectivity index (χ0) is 16.0. The quantitative estimate of drug-likeness (QED) is 0.822. The minimum absolute atomic E-state index is 0.0803. The molecule has 124 valence electrons. The second kappa shape index (κ2) is 7.77. The molecule has 0 radical (unpaired) electrons. The topological polar surface area (TPSA) is 50.2 Å². The van der Waals surface area contributed by atoms with Gasteiger partial charge >= 0.3 is 0 Å². The molecule has 1 fully saturated rings. The third kappa shape index (κ3) is 3.88. The van der Waals surface area contributed by atoms with Crippen LogP contribution in [0.5, 0.6) is 0 Å². The number of carbonyl (C=O) groups is 1. The first kappa shape index (κ1) is 17.0. The Labute approximate surface area is 134 Å². The van der Waals surface area contributed by atoms with Gasteiger partial charge in [0.1, 0.15) is 6.04 Å². The number of nitrogens with zero attached hydrogens (tertiary/aromatic N) is 3. The highest BCUT2D eigenvalue weighted by Gasteiger charge is 2.34. The van der Waals surface area contributed by atoms with Crippen LogP contribution in [0.25, 0.3) is 0 Å². The number of aromatic nitrogens is 2. The monoisotopic (exact) mass is 306 g/mol. The fourth-order valence-electron chi connectivity index (χ4n) is 3.50. The molecule has 1 atom stereocenters. The fourth-order valence-corrected chi connectivity index (χ4v) is 3.50. The Morgan fingerprint density at radius 3 is 2.50 bits per heavy atom. The number of amides is 1. The Morgan fingerprint density at radius 2 is 2.00 bits per heavy atom. The lowest BCUT2D eigenvalue weighted by atomic mass is 9.88. The van der Waals surface area contributed by atoms with Gasteiger partial charge in [-0.05, 0) is 39.4 Å². The number of hydrogen-bond donors (Lipinski definition) is 1. The van der Waals surface area contributed by atoms with Crippen LogP contribution in [0.1, 0.15) is 57.9 Å². The molecule has 22 heavy (non-hydrogen) atoms. The van der Waals surface area contributed by atoms with E-state index in [2.05, 4.69) is 29.4 Å². The maximum atomic E-state index is 12.6. The van der Waals surface area contributed by atoms with Crippen molar-refractivity contribution in [3.63, 3.8) is 0 Å². The van der Waals surface area contributed by atoms with Gasteiger partial charge in [0.15, 0.2) is 0 Å². The van der Waals surface area contributed by atoms with Gasteiger partial charge in [-0.2, -0.15) is 5.10 Å². The third-order valence-electron chi connectivity index (χ3n) is 5.11. The van der Waals surface area contributed by atoms with Crippen molar-refractivity contribution in [2.75, 3.05) is 20.6 Å².